The van der Waals surface area contributed by atoms with Gasteiger partial charge in [0.1, 0.15) is 0 Å². The summed E-state index contributed by atoms with van der Waals surface area (Å²) in [5, 5.41) is 14.1. The van der Waals surface area contributed by atoms with E-state index < -0.39 is 5.91 Å². The van der Waals surface area contributed by atoms with Crippen LogP contribution in [0, 0.1) is 0 Å². The summed E-state index contributed by atoms with van der Waals surface area (Å²) < 4.78 is 5.76. The van der Waals surface area contributed by atoms with Crippen LogP contribution in [0.15, 0.2) is 39.9 Å². The molecule has 2 aromatic rings. The maximum Gasteiger partial charge on any atom is 0.271 e. The Balaban J connectivity index is 2.21. The second-order valence-corrected chi connectivity index (χ2v) is 6.05. The highest BCUT2D eigenvalue weighted by Gasteiger charge is 2.15. The van der Waals surface area contributed by atoms with Gasteiger partial charge in [0.25, 0.3) is 5.91 Å². The number of amides is 1. The van der Waals surface area contributed by atoms with Crippen LogP contribution in [-0.4, -0.2) is 24.3 Å². The van der Waals surface area contributed by atoms with Gasteiger partial charge in [-0.1, -0.05) is 45.2 Å². The Labute approximate surface area is 151 Å². The highest BCUT2D eigenvalue weighted by molar-refractivity contribution is 9.10. The van der Waals surface area contributed by atoms with Crippen LogP contribution in [0.5, 0.6) is 11.5 Å². The Bertz CT molecular complexity index is 782. The molecule has 0 aromatic heterocycles. The first-order chi connectivity index (χ1) is 10.9. The zero-order valence-electron chi connectivity index (χ0n) is 11.8. The van der Waals surface area contributed by atoms with Gasteiger partial charge in [0.2, 0.25) is 0 Å². The third-order valence-corrected chi connectivity index (χ3v) is 4.15. The van der Waals surface area contributed by atoms with E-state index in [2.05, 4.69) is 26.5 Å². The van der Waals surface area contributed by atoms with Crippen LogP contribution >= 0.6 is 39.1 Å². The largest absolute Gasteiger partial charge is 0.504 e. The van der Waals surface area contributed by atoms with Crippen molar-refractivity contribution in [2.75, 3.05) is 7.11 Å². The molecule has 120 valence electrons. The van der Waals surface area contributed by atoms with Gasteiger partial charge in [0.05, 0.1) is 28.9 Å². The number of rotatable bonds is 4. The van der Waals surface area contributed by atoms with E-state index in [1.165, 1.54) is 19.4 Å². The number of methoxy groups -OCH3 is 1. The van der Waals surface area contributed by atoms with Gasteiger partial charge < -0.3 is 9.84 Å². The third-order valence-electron chi connectivity index (χ3n) is 2.86. The van der Waals surface area contributed by atoms with Crippen LogP contribution in [0.25, 0.3) is 0 Å². The van der Waals surface area contributed by atoms with Crippen molar-refractivity contribution in [3.63, 3.8) is 0 Å². The van der Waals surface area contributed by atoms with Crippen molar-refractivity contribution in [2.24, 2.45) is 5.10 Å². The molecule has 2 rings (SSSR count). The van der Waals surface area contributed by atoms with Gasteiger partial charge in [-0.2, -0.15) is 5.10 Å². The Morgan fingerprint density at radius 2 is 2.13 bits per heavy atom. The molecule has 2 aromatic carbocycles. The molecular weight excluding hydrogens is 407 g/mol. The van der Waals surface area contributed by atoms with Gasteiger partial charge in [0.15, 0.2) is 11.5 Å². The fourth-order valence-corrected chi connectivity index (χ4v) is 2.53. The van der Waals surface area contributed by atoms with Gasteiger partial charge in [0, 0.05) is 16.1 Å². The predicted octanol–water partition coefficient (Wildman–Crippen LogP) is 4.23. The number of nitrogens with zero attached hydrogens (tertiary/aromatic N) is 1. The van der Waals surface area contributed by atoms with Crippen molar-refractivity contribution in [1.29, 1.82) is 0 Å². The number of hydrogen-bond donors (Lipinski definition) is 2. The van der Waals surface area contributed by atoms with Gasteiger partial charge >= 0.3 is 0 Å². The van der Waals surface area contributed by atoms with E-state index >= 15 is 0 Å². The summed E-state index contributed by atoms with van der Waals surface area (Å²) in [6, 6.07) is 8.21. The molecule has 0 unspecified atom stereocenters. The molecule has 8 heteroatoms. The number of benzene rings is 2. The van der Waals surface area contributed by atoms with Crippen LogP contribution in [0.4, 0.5) is 0 Å². The van der Waals surface area contributed by atoms with Crippen LogP contribution in [0.1, 0.15) is 15.9 Å². The molecule has 0 saturated carbocycles. The molecule has 0 aliphatic rings. The second kappa shape index (κ2) is 7.68. The Morgan fingerprint density at radius 1 is 1.39 bits per heavy atom. The first kappa shape index (κ1) is 17.6. The van der Waals surface area contributed by atoms with Gasteiger partial charge in [-0.05, 0) is 18.2 Å². The summed E-state index contributed by atoms with van der Waals surface area (Å²) in [6.07, 6.45) is 1.20. The quantitative estimate of drug-likeness (QED) is 0.577. The standard InChI is InChI=1S/C15H11BrCl2N2O3/c1-23-12-6-11(17)13(18)10(14(12)21)7-19-20-15(22)8-3-2-4-9(16)5-8/h2-7,21H,1H3,(H,20,22)/b19-7-. The van der Waals surface area contributed by atoms with Crippen LogP contribution in [-0.2, 0) is 0 Å². The highest BCUT2D eigenvalue weighted by atomic mass is 79.9. The topological polar surface area (TPSA) is 70.9 Å². The van der Waals surface area contributed by atoms with Crippen molar-refractivity contribution in [3.8, 4) is 11.5 Å². The van der Waals surface area contributed by atoms with Crippen molar-refractivity contribution >= 4 is 51.3 Å². The minimum Gasteiger partial charge on any atom is -0.504 e. The molecule has 23 heavy (non-hydrogen) atoms. The first-order valence-electron chi connectivity index (χ1n) is 6.28. The maximum absolute atomic E-state index is 12.0. The number of halogens is 3. The molecule has 0 saturated heterocycles. The predicted molar refractivity (Wildman–Crippen MR) is 93.9 cm³/mol. The van der Waals surface area contributed by atoms with E-state index in [-0.39, 0.29) is 27.1 Å². The first-order valence-corrected chi connectivity index (χ1v) is 7.83. The smallest absolute Gasteiger partial charge is 0.271 e. The number of phenols is 1. The number of hydrazone groups is 1. The lowest BCUT2D eigenvalue weighted by Gasteiger charge is -2.09. The van der Waals surface area contributed by atoms with Crippen molar-refractivity contribution in [2.45, 2.75) is 0 Å². The third kappa shape index (κ3) is 4.16. The van der Waals surface area contributed by atoms with E-state index in [0.717, 1.165) is 4.47 Å². The van der Waals surface area contributed by atoms with Gasteiger partial charge in [-0.3, -0.25) is 4.79 Å². The summed E-state index contributed by atoms with van der Waals surface area (Å²) in [7, 11) is 1.38. The van der Waals surface area contributed by atoms with E-state index in [9.17, 15) is 9.90 Å². The summed E-state index contributed by atoms with van der Waals surface area (Å²) in [5.41, 5.74) is 2.91. The molecule has 0 aliphatic heterocycles. The molecule has 0 radical (unpaired) electrons. The number of ether oxygens (including phenoxy) is 1. The Kier molecular flexibility index (Phi) is 5.87. The number of carbonyl (C=O) groups is 1. The average Bonchev–Trinajstić information content (AvgIpc) is 2.54. The van der Waals surface area contributed by atoms with Crippen molar-refractivity contribution in [3.05, 3.63) is 56.0 Å². The van der Waals surface area contributed by atoms with Crippen LogP contribution in [0.3, 0.4) is 0 Å². The molecule has 0 fully saturated rings. The Morgan fingerprint density at radius 3 is 2.78 bits per heavy atom. The van der Waals surface area contributed by atoms with E-state index in [0.29, 0.717) is 5.56 Å². The zero-order chi connectivity index (χ0) is 17.0. The molecule has 0 spiro atoms. The van der Waals surface area contributed by atoms with E-state index in [1.807, 2.05) is 0 Å². The normalized spacial score (nSPS) is 10.8. The molecule has 0 heterocycles. The number of aromatic hydroxyl groups is 1. The Hall–Kier alpha value is -1.76. The minimum atomic E-state index is -0.410. The summed E-state index contributed by atoms with van der Waals surface area (Å²) in [5.74, 6) is -0.478. The fourth-order valence-electron chi connectivity index (χ4n) is 1.74. The van der Waals surface area contributed by atoms with E-state index in [1.54, 1.807) is 24.3 Å². The van der Waals surface area contributed by atoms with Crippen LogP contribution < -0.4 is 10.2 Å². The number of hydrogen-bond acceptors (Lipinski definition) is 4. The van der Waals surface area contributed by atoms with Crippen LogP contribution in [0.2, 0.25) is 10.0 Å². The van der Waals surface area contributed by atoms with E-state index in [4.69, 9.17) is 27.9 Å². The summed E-state index contributed by atoms with van der Waals surface area (Å²) >= 11 is 15.3. The summed E-state index contributed by atoms with van der Waals surface area (Å²) in [4.78, 5) is 12.0. The second-order valence-electron chi connectivity index (χ2n) is 4.35. The fraction of sp³-hybridized carbons (Fsp3) is 0.0667. The average molecular weight is 418 g/mol. The summed E-state index contributed by atoms with van der Waals surface area (Å²) in [6.45, 7) is 0. The molecule has 0 aliphatic carbocycles. The van der Waals surface area contributed by atoms with Crippen molar-refractivity contribution in [1.82, 2.24) is 5.43 Å². The molecular formula is C15H11BrCl2N2O3. The lowest BCUT2D eigenvalue weighted by Crippen LogP contribution is -2.17. The highest BCUT2D eigenvalue weighted by Crippen LogP contribution is 2.38. The number of phenolic OH excluding ortho intramolecular Hbond substituents is 1. The van der Waals surface area contributed by atoms with Gasteiger partial charge in [-0.15, -0.1) is 0 Å². The molecule has 2 N–H and O–H groups in total. The lowest BCUT2D eigenvalue weighted by molar-refractivity contribution is 0.0955. The molecule has 5 nitrogen and oxygen atoms in total. The zero-order valence-corrected chi connectivity index (χ0v) is 14.9. The molecule has 0 atom stereocenters. The molecule has 0 bridgehead atoms. The number of carbonyl (C=O) groups excluding carboxylic acids is 1. The minimum absolute atomic E-state index is 0.102. The monoisotopic (exact) mass is 416 g/mol. The molecule has 1 amide bonds. The van der Waals surface area contributed by atoms with Gasteiger partial charge in [-0.25, -0.2) is 5.43 Å². The van der Waals surface area contributed by atoms with Crippen molar-refractivity contribution < 1.29 is 14.6 Å². The SMILES string of the molecule is COc1cc(Cl)c(Cl)c(/C=N\NC(=O)c2cccc(Br)c2)c1O. The number of nitrogens with one attached hydrogen (secondary N) is 1. The maximum atomic E-state index is 12.0. The lowest BCUT2D eigenvalue weighted by atomic mass is 10.2.